The number of nitrogens with one attached hydrogen (secondary N) is 1. The van der Waals surface area contributed by atoms with E-state index in [9.17, 15) is 4.79 Å². The van der Waals surface area contributed by atoms with Crippen LogP contribution in [0.15, 0.2) is 47.5 Å². The van der Waals surface area contributed by atoms with Crippen LogP contribution in [-0.4, -0.2) is 16.1 Å². The van der Waals surface area contributed by atoms with Gasteiger partial charge in [-0.3, -0.25) is 4.57 Å². The van der Waals surface area contributed by atoms with E-state index in [2.05, 4.69) is 55.3 Å². The molecule has 0 aliphatic carbocycles. The van der Waals surface area contributed by atoms with E-state index < -0.39 is 0 Å². The van der Waals surface area contributed by atoms with Crippen LogP contribution in [-0.2, 0) is 6.54 Å². The topological polar surface area (TPSA) is 46.9 Å². The molecule has 1 atom stereocenters. The highest BCUT2D eigenvalue weighted by atomic mass is 16.1. The van der Waals surface area contributed by atoms with Crippen molar-refractivity contribution in [2.45, 2.75) is 39.3 Å². The van der Waals surface area contributed by atoms with E-state index in [1.807, 2.05) is 0 Å². The summed E-state index contributed by atoms with van der Waals surface area (Å²) in [6, 6.07) is 10.5. The van der Waals surface area contributed by atoms with Crippen molar-refractivity contribution in [1.29, 1.82) is 0 Å². The van der Waals surface area contributed by atoms with Crippen LogP contribution in [0.4, 0.5) is 0 Å². The number of hydrogen-bond donors (Lipinski definition) is 1. The molecule has 0 spiro atoms. The minimum Gasteiger partial charge on any atom is -0.309 e. The van der Waals surface area contributed by atoms with Gasteiger partial charge >= 0.3 is 5.69 Å². The van der Waals surface area contributed by atoms with Gasteiger partial charge in [-0.2, -0.15) is 0 Å². The van der Waals surface area contributed by atoms with E-state index in [1.54, 1.807) is 16.8 Å². The molecule has 4 heteroatoms. The summed E-state index contributed by atoms with van der Waals surface area (Å²) < 4.78 is 1.64. The molecule has 0 bridgehead atoms. The lowest BCUT2D eigenvalue weighted by atomic mass is 9.99. The van der Waals surface area contributed by atoms with E-state index in [0.717, 1.165) is 6.54 Å². The second-order valence-electron chi connectivity index (χ2n) is 5.49. The molecule has 0 saturated carbocycles. The quantitative estimate of drug-likeness (QED) is 0.887. The molecule has 1 unspecified atom stereocenters. The molecule has 1 heterocycles. The first kappa shape index (κ1) is 15.4. The molecule has 0 aliphatic rings. The Balaban J connectivity index is 2.22. The monoisotopic (exact) mass is 285 g/mol. The Labute approximate surface area is 125 Å². The van der Waals surface area contributed by atoms with Crippen LogP contribution in [0.3, 0.4) is 0 Å². The second kappa shape index (κ2) is 7.18. The number of likely N-dealkylation sites (N-methyl/N-ethyl adjacent to an activating group) is 1. The third-order valence-electron chi connectivity index (χ3n) is 3.62. The first-order chi connectivity index (χ1) is 10.1. The normalized spacial score (nSPS) is 12.6. The SMILES string of the molecule is CCNC(Cn1cccnc1=O)c1ccc(C(C)C)cc1. The number of aromatic nitrogens is 2. The van der Waals surface area contributed by atoms with Crippen molar-refractivity contribution in [2.75, 3.05) is 6.54 Å². The predicted molar refractivity (Wildman–Crippen MR) is 85.4 cm³/mol. The molecule has 0 saturated heterocycles. The average molecular weight is 285 g/mol. The molecule has 1 N–H and O–H groups in total. The lowest BCUT2D eigenvalue weighted by Gasteiger charge is -2.20. The summed E-state index contributed by atoms with van der Waals surface area (Å²) in [6.07, 6.45) is 3.31. The number of hydrogen-bond acceptors (Lipinski definition) is 3. The minimum absolute atomic E-state index is 0.109. The summed E-state index contributed by atoms with van der Waals surface area (Å²) in [6.45, 7) is 7.88. The third-order valence-corrected chi connectivity index (χ3v) is 3.62. The smallest absolute Gasteiger partial charge is 0.309 e. The van der Waals surface area contributed by atoms with Crippen molar-refractivity contribution in [1.82, 2.24) is 14.9 Å². The zero-order valence-electron chi connectivity index (χ0n) is 12.9. The Bertz CT molecular complexity index is 616. The standard InChI is InChI=1S/C17H23N3O/c1-4-18-16(12-20-11-5-10-19-17(20)21)15-8-6-14(7-9-15)13(2)3/h5-11,13,16,18H,4,12H2,1-3H3. The average Bonchev–Trinajstić information content (AvgIpc) is 2.49. The lowest BCUT2D eigenvalue weighted by molar-refractivity contribution is 0.462. The molecule has 2 rings (SSSR count). The first-order valence-corrected chi connectivity index (χ1v) is 7.46. The van der Waals surface area contributed by atoms with Crippen LogP contribution in [0, 0.1) is 0 Å². The highest BCUT2D eigenvalue weighted by Gasteiger charge is 2.12. The summed E-state index contributed by atoms with van der Waals surface area (Å²) in [5, 5.41) is 3.44. The van der Waals surface area contributed by atoms with Crippen molar-refractivity contribution in [3.05, 3.63) is 64.3 Å². The minimum atomic E-state index is -0.209. The van der Waals surface area contributed by atoms with E-state index >= 15 is 0 Å². The summed E-state index contributed by atoms with van der Waals surface area (Å²) in [5.41, 5.74) is 2.31. The summed E-state index contributed by atoms with van der Waals surface area (Å²) >= 11 is 0. The lowest BCUT2D eigenvalue weighted by Crippen LogP contribution is -2.31. The number of rotatable bonds is 6. The van der Waals surface area contributed by atoms with Crippen LogP contribution in [0.25, 0.3) is 0 Å². The van der Waals surface area contributed by atoms with Gasteiger partial charge in [0.15, 0.2) is 0 Å². The van der Waals surface area contributed by atoms with Gasteiger partial charge in [-0.05, 0) is 29.7 Å². The molecule has 0 radical (unpaired) electrons. The molecule has 0 fully saturated rings. The van der Waals surface area contributed by atoms with Gasteiger partial charge in [-0.1, -0.05) is 45.0 Å². The molecule has 4 nitrogen and oxygen atoms in total. The molecule has 0 aliphatic heterocycles. The Morgan fingerprint density at radius 2 is 1.86 bits per heavy atom. The van der Waals surface area contributed by atoms with Crippen molar-refractivity contribution in [3.8, 4) is 0 Å². The fourth-order valence-electron chi connectivity index (χ4n) is 2.37. The Hall–Kier alpha value is -1.94. The van der Waals surface area contributed by atoms with Gasteiger partial charge in [0.2, 0.25) is 0 Å². The zero-order chi connectivity index (χ0) is 15.2. The van der Waals surface area contributed by atoms with E-state index in [0.29, 0.717) is 12.5 Å². The van der Waals surface area contributed by atoms with Gasteiger partial charge in [0.25, 0.3) is 0 Å². The van der Waals surface area contributed by atoms with Gasteiger partial charge in [0, 0.05) is 18.9 Å². The molecular weight excluding hydrogens is 262 g/mol. The van der Waals surface area contributed by atoms with Gasteiger partial charge in [0.05, 0.1) is 6.04 Å². The molecule has 1 aromatic heterocycles. The van der Waals surface area contributed by atoms with Crippen molar-refractivity contribution < 1.29 is 0 Å². The summed E-state index contributed by atoms with van der Waals surface area (Å²) in [4.78, 5) is 15.6. The molecule has 0 amide bonds. The van der Waals surface area contributed by atoms with Gasteiger partial charge < -0.3 is 5.32 Å². The molecule has 21 heavy (non-hydrogen) atoms. The number of nitrogens with zero attached hydrogens (tertiary/aromatic N) is 2. The van der Waals surface area contributed by atoms with Crippen LogP contribution in [0.2, 0.25) is 0 Å². The van der Waals surface area contributed by atoms with E-state index in [4.69, 9.17) is 0 Å². The first-order valence-electron chi connectivity index (χ1n) is 7.46. The van der Waals surface area contributed by atoms with Crippen LogP contribution >= 0.6 is 0 Å². The van der Waals surface area contributed by atoms with Gasteiger partial charge in [0.1, 0.15) is 0 Å². The maximum Gasteiger partial charge on any atom is 0.347 e. The van der Waals surface area contributed by atoms with Crippen LogP contribution < -0.4 is 11.0 Å². The molecule has 2 aromatic rings. The molecular formula is C17H23N3O. The summed E-state index contributed by atoms with van der Waals surface area (Å²) in [7, 11) is 0. The molecule has 1 aromatic carbocycles. The predicted octanol–water partition coefficient (Wildman–Crippen LogP) is 2.72. The highest BCUT2D eigenvalue weighted by Crippen LogP contribution is 2.19. The number of benzene rings is 1. The fourth-order valence-corrected chi connectivity index (χ4v) is 2.37. The second-order valence-corrected chi connectivity index (χ2v) is 5.49. The largest absolute Gasteiger partial charge is 0.347 e. The van der Waals surface area contributed by atoms with Crippen LogP contribution in [0.1, 0.15) is 43.9 Å². The Morgan fingerprint density at radius 3 is 2.43 bits per heavy atom. The fraction of sp³-hybridized carbons (Fsp3) is 0.412. The van der Waals surface area contributed by atoms with Crippen molar-refractivity contribution >= 4 is 0 Å². The van der Waals surface area contributed by atoms with E-state index in [-0.39, 0.29) is 11.7 Å². The van der Waals surface area contributed by atoms with Crippen molar-refractivity contribution in [3.63, 3.8) is 0 Å². The van der Waals surface area contributed by atoms with Crippen molar-refractivity contribution in [2.24, 2.45) is 0 Å². The highest BCUT2D eigenvalue weighted by molar-refractivity contribution is 5.26. The third kappa shape index (κ3) is 4.02. The zero-order valence-corrected chi connectivity index (χ0v) is 12.9. The van der Waals surface area contributed by atoms with Gasteiger partial charge in [-0.15, -0.1) is 0 Å². The maximum absolute atomic E-state index is 11.8. The Morgan fingerprint density at radius 1 is 1.19 bits per heavy atom. The molecule has 112 valence electrons. The van der Waals surface area contributed by atoms with Gasteiger partial charge in [-0.25, -0.2) is 9.78 Å². The van der Waals surface area contributed by atoms with Crippen LogP contribution in [0.5, 0.6) is 0 Å². The Kier molecular flexibility index (Phi) is 5.28. The van der Waals surface area contributed by atoms with E-state index in [1.165, 1.54) is 17.3 Å². The maximum atomic E-state index is 11.8. The summed E-state index contributed by atoms with van der Waals surface area (Å²) in [5.74, 6) is 0.526.